The van der Waals surface area contributed by atoms with E-state index in [0.717, 1.165) is 22.1 Å². The molecule has 0 amide bonds. The van der Waals surface area contributed by atoms with Crippen molar-refractivity contribution in [2.45, 2.75) is 39.0 Å². The Kier molecular flexibility index (Phi) is 8.80. The highest BCUT2D eigenvalue weighted by Gasteiger charge is 2.24. The zero-order chi connectivity index (χ0) is 20.9. The first-order valence-corrected chi connectivity index (χ1v) is 10.5. The van der Waals surface area contributed by atoms with Crippen LogP contribution in [0.2, 0.25) is 0 Å². The van der Waals surface area contributed by atoms with Crippen molar-refractivity contribution in [3.8, 4) is 0 Å². The summed E-state index contributed by atoms with van der Waals surface area (Å²) < 4.78 is 1.92. The van der Waals surface area contributed by atoms with Gasteiger partial charge in [-0.1, -0.05) is 36.4 Å². The van der Waals surface area contributed by atoms with Gasteiger partial charge in [0.25, 0.3) is 0 Å². The van der Waals surface area contributed by atoms with Crippen LogP contribution in [0, 0.1) is 6.92 Å². The van der Waals surface area contributed by atoms with E-state index in [9.17, 15) is 5.11 Å². The Labute approximate surface area is 198 Å². The van der Waals surface area contributed by atoms with Crippen molar-refractivity contribution < 1.29 is 5.11 Å². The largest absolute Gasteiger partial charge is 0.383 e. The number of thiophene rings is 1. The van der Waals surface area contributed by atoms with Crippen molar-refractivity contribution in [1.29, 1.82) is 0 Å². The smallest absolute Gasteiger partial charge is 0.192 e. The minimum atomic E-state index is -0.992. The van der Waals surface area contributed by atoms with Gasteiger partial charge in [0.15, 0.2) is 11.8 Å². The maximum atomic E-state index is 10.8. The van der Waals surface area contributed by atoms with Crippen LogP contribution in [0.15, 0.2) is 52.8 Å². The standard InChI is InChI=1S/C21H28N6OS.HI/c1-15(17-9-6-5-7-10-17)24-20(22-13-19-26-25-16(2)27(19)4)23-14-21(3,28)18-11-8-12-29-18;/h5-12,15,28H,13-14H2,1-4H3,(H2,22,23,24);1H. The number of hydrogen-bond donors (Lipinski definition) is 3. The number of aliphatic hydroxyl groups is 1. The predicted octanol–water partition coefficient (Wildman–Crippen LogP) is 3.51. The number of halogens is 1. The number of aromatic nitrogens is 3. The number of aryl methyl sites for hydroxylation is 1. The topological polar surface area (TPSA) is 87.4 Å². The molecule has 2 aromatic heterocycles. The first-order chi connectivity index (χ1) is 13.9. The van der Waals surface area contributed by atoms with E-state index in [1.54, 1.807) is 6.92 Å². The summed E-state index contributed by atoms with van der Waals surface area (Å²) in [4.78, 5) is 5.59. The predicted molar refractivity (Wildman–Crippen MR) is 132 cm³/mol. The van der Waals surface area contributed by atoms with Gasteiger partial charge in [-0.2, -0.15) is 0 Å². The fraction of sp³-hybridized carbons (Fsp3) is 0.381. The Morgan fingerprint density at radius 1 is 1.23 bits per heavy atom. The first-order valence-electron chi connectivity index (χ1n) is 9.58. The van der Waals surface area contributed by atoms with Crippen LogP contribution < -0.4 is 10.6 Å². The molecule has 3 aromatic rings. The third kappa shape index (κ3) is 6.26. The fourth-order valence-electron chi connectivity index (χ4n) is 2.85. The molecule has 0 spiro atoms. The SMILES string of the molecule is Cc1nnc(CN=C(NCC(C)(O)c2cccs2)NC(C)c2ccccc2)n1C.I. The highest BCUT2D eigenvalue weighted by atomic mass is 127. The molecule has 3 N–H and O–H groups in total. The number of nitrogens with zero attached hydrogens (tertiary/aromatic N) is 4. The van der Waals surface area contributed by atoms with Gasteiger partial charge in [0.05, 0.1) is 12.6 Å². The van der Waals surface area contributed by atoms with Crippen molar-refractivity contribution in [1.82, 2.24) is 25.4 Å². The number of guanidine groups is 1. The van der Waals surface area contributed by atoms with Crippen LogP contribution in [-0.4, -0.2) is 32.4 Å². The second kappa shape index (κ2) is 10.9. The molecule has 30 heavy (non-hydrogen) atoms. The normalized spacial score (nSPS) is 14.5. The van der Waals surface area contributed by atoms with Gasteiger partial charge in [-0.15, -0.1) is 45.5 Å². The van der Waals surface area contributed by atoms with Crippen LogP contribution in [0.25, 0.3) is 0 Å². The Balaban J connectivity index is 0.00000320. The average molecular weight is 540 g/mol. The summed E-state index contributed by atoms with van der Waals surface area (Å²) in [6, 6.07) is 14.1. The van der Waals surface area contributed by atoms with E-state index in [1.807, 2.05) is 54.3 Å². The second-order valence-electron chi connectivity index (χ2n) is 7.27. The lowest BCUT2D eigenvalue weighted by Gasteiger charge is -2.25. The fourth-order valence-corrected chi connectivity index (χ4v) is 3.64. The number of rotatable bonds is 7. The van der Waals surface area contributed by atoms with Crippen molar-refractivity contribution in [2.75, 3.05) is 6.54 Å². The quantitative estimate of drug-likeness (QED) is 0.243. The molecule has 9 heteroatoms. The van der Waals surface area contributed by atoms with Crippen molar-refractivity contribution in [2.24, 2.45) is 12.0 Å². The molecule has 2 unspecified atom stereocenters. The molecule has 7 nitrogen and oxygen atoms in total. The molecule has 0 saturated carbocycles. The Morgan fingerprint density at radius 2 is 1.97 bits per heavy atom. The maximum Gasteiger partial charge on any atom is 0.192 e. The minimum Gasteiger partial charge on any atom is -0.383 e. The van der Waals surface area contributed by atoms with Crippen LogP contribution in [0.1, 0.15) is 42.0 Å². The van der Waals surface area contributed by atoms with E-state index in [-0.39, 0.29) is 30.0 Å². The van der Waals surface area contributed by atoms with Gasteiger partial charge in [0.2, 0.25) is 0 Å². The van der Waals surface area contributed by atoms with Crippen LogP contribution in [0.4, 0.5) is 0 Å². The zero-order valence-corrected chi connectivity index (χ0v) is 20.8. The molecule has 0 aliphatic heterocycles. The van der Waals surface area contributed by atoms with Crippen LogP contribution in [0.5, 0.6) is 0 Å². The summed E-state index contributed by atoms with van der Waals surface area (Å²) in [6.45, 7) is 6.51. The molecule has 0 bridgehead atoms. The molecule has 0 fully saturated rings. The third-order valence-electron chi connectivity index (χ3n) is 4.87. The summed E-state index contributed by atoms with van der Waals surface area (Å²) in [5.74, 6) is 2.23. The van der Waals surface area contributed by atoms with Crippen molar-refractivity contribution >= 4 is 41.3 Å². The van der Waals surface area contributed by atoms with E-state index >= 15 is 0 Å². The molecule has 0 saturated heterocycles. The Morgan fingerprint density at radius 3 is 2.57 bits per heavy atom. The van der Waals surface area contributed by atoms with E-state index < -0.39 is 5.60 Å². The van der Waals surface area contributed by atoms with Gasteiger partial charge in [0.1, 0.15) is 18.0 Å². The molecule has 2 heterocycles. The minimum absolute atomic E-state index is 0. The van der Waals surface area contributed by atoms with E-state index in [4.69, 9.17) is 0 Å². The van der Waals surface area contributed by atoms with E-state index in [1.165, 1.54) is 11.3 Å². The molecule has 2 atom stereocenters. The van der Waals surface area contributed by atoms with E-state index in [2.05, 4.69) is 44.9 Å². The van der Waals surface area contributed by atoms with Crippen LogP contribution in [-0.2, 0) is 19.2 Å². The highest BCUT2D eigenvalue weighted by Crippen LogP contribution is 2.24. The molecule has 162 valence electrons. The van der Waals surface area contributed by atoms with Gasteiger partial charge in [-0.25, -0.2) is 4.99 Å². The molecular formula is C21H29IN6OS. The lowest BCUT2D eigenvalue weighted by atomic mass is 10.1. The van der Waals surface area contributed by atoms with E-state index in [0.29, 0.717) is 19.0 Å². The molecule has 0 aliphatic rings. The van der Waals surface area contributed by atoms with Gasteiger partial charge >= 0.3 is 0 Å². The molecule has 1 aromatic carbocycles. The summed E-state index contributed by atoms with van der Waals surface area (Å²) in [5, 5.41) is 27.8. The number of aliphatic imine (C=N–C) groups is 1. The van der Waals surface area contributed by atoms with Crippen molar-refractivity contribution in [3.05, 3.63) is 69.9 Å². The zero-order valence-electron chi connectivity index (χ0n) is 17.7. The number of benzene rings is 1. The molecule has 0 radical (unpaired) electrons. The number of nitrogens with one attached hydrogen (secondary N) is 2. The Bertz CT molecular complexity index is 940. The average Bonchev–Trinajstić information content (AvgIpc) is 3.37. The summed E-state index contributed by atoms with van der Waals surface area (Å²) in [7, 11) is 1.93. The molecular weight excluding hydrogens is 511 g/mol. The van der Waals surface area contributed by atoms with Gasteiger partial charge in [-0.05, 0) is 37.8 Å². The van der Waals surface area contributed by atoms with Crippen LogP contribution >= 0.6 is 35.3 Å². The maximum absolute atomic E-state index is 10.8. The summed E-state index contributed by atoms with van der Waals surface area (Å²) in [6.07, 6.45) is 0. The first kappa shape index (κ1) is 24.3. The molecule has 0 aliphatic carbocycles. The third-order valence-corrected chi connectivity index (χ3v) is 5.99. The van der Waals surface area contributed by atoms with Gasteiger partial charge < -0.3 is 20.3 Å². The summed E-state index contributed by atoms with van der Waals surface area (Å²) in [5.41, 5.74) is 0.162. The Hall–Kier alpha value is -1.98. The summed E-state index contributed by atoms with van der Waals surface area (Å²) >= 11 is 1.54. The van der Waals surface area contributed by atoms with Crippen LogP contribution in [0.3, 0.4) is 0 Å². The lowest BCUT2D eigenvalue weighted by molar-refractivity contribution is 0.0655. The molecule has 3 rings (SSSR count). The second-order valence-corrected chi connectivity index (χ2v) is 8.22. The lowest BCUT2D eigenvalue weighted by Crippen LogP contribution is -2.45. The van der Waals surface area contributed by atoms with Crippen molar-refractivity contribution in [3.63, 3.8) is 0 Å². The monoisotopic (exact) mass is 540 g/mol. The highest BCUT2D eigenvalue weighted by molar-refractivity contribution is 14.0. The number of hydrogen-bond acceptors (Lipinski definition) is 5. The van der Waals surface area contributed by atoms with Gasteiger partial charge in [0, 0.05) is 11.9 Å². The van der Waals surface area contributed by atoms with Gasteiger partial charge in [-0.3, -0.25) is 0 Å².